The van der Waals surface area contributed by atoms with Crippen molar-refractivity contribution in [3.8, 4) is 0 Å². The molecule has 5 rings (SSSR count). The molecule has 0 unspecified atom stereocenters. The Balaban J connectivity index is 1.63. The van der Waals surface area contributed by atoms with Crippen LogP contribution in [-0.2, 0) is 25.5 Å². The fourth-order valence-corrected chi connectivity index (χ4v) is 9.72. The molecule has 0 saturated carbocycles. The molecule has 1 heterocycles. The van der Waals surface area contributed by atoms with Crippen molar-refractivity contribution in [3.63, 3.8) is 0 Å². The van der Waals surface area contributed by atoms with Crippen LogP contribution in [0.1, 0.15) is 67.9 Å². The van der Waals surface area contributed by atoms with Crippen molar-refractivity contribution in [2.24, 2.45) is 5.41 Å². The zero-order chi connectivity index (χ0) is 40.2. The Hall–Kier alpha value is -4.25. The van der Waals surface area contributed by atoms with Crippen molar-refractivity contribution in [3.05, 3.63) is 143 Å². The van der Waals surface area contributed by atoms with Gasteiger partial charge in [0.05, 0.1) is 4.75 Å². The highest BCUT2D eigenvalue weighted by molar-refractivity contribution is 8.00. The van der Waals surface area contributed by atoms with Crippen LogP contribution in [0, 0.1) is 12.3 Å². The van der Waals surface area contributed by atoms with E-state index < -0.39 is 40.4 Å². The van der Waals surface area contributed by atoms with Gasteiger partial charge in [0.1, 0.15) is 17.7 Å². The normalized spacial score (nSPS) is 15.3. The summed E-state index contributed by atoms with van der Waals surface area (Å²) in [7, 11) is 0. The van der Waals surface area contributed by atoms with E-state index in [1.54, 1.807) is 49.2 Å². The van der Waals surface area contributed by atoms with Crippen LogP contribution in [0.2, 0.25) is 0 Å². The van der Waals surface area contributed by atoms with Crippen LogP contribution in [0.5, 0.6) is 0 Å². The van der Waals surface area contributed by atoms with Gasteiger partial charge in [0.15, 0.2) is 0 Å². The first-order chi connectivity index (χ1) is 26.9. The Morgan fingerprint density at radius 2 is 1.36 bits per heavy atom. The van der Waals surface area contributed by atoms with Gasteiger partial charge in [-0.3, -0.25) is 4.79 Å². The number of benzene rings is 4. The highest BCUT2D eigenvalue weighted by atomic mass is 32.2. The number of rotatable bonds is 17. The third-order valence-corrected chi connectivity index (χ3v) is 12.8. The Labute approximate surface area is 341 Å². The molecule has 10 heteroatoms. The standard InChI is InChI=1S/C46H57N3O5S2/c1-34-17-15-16-18-35(34)31-45(26-28-47-29-27-45)33-49(40(42(51)52)25-30-55-5)41(50)39(48-43(53)54-44(2,3)4)32-56-46(36-19-9-6-10-20-36,37-21-11-7-12-22-37)38-23-13-8-14-24-38/h6-24,39-40,47H,25-33H2,1-5H3,(H,48,53)(H,51,52)/t39-,40-/m0/s1. The Morgan fingerprint density at radius 1 is 0.839 bits per heavy atom. The molecule has 1 aliphatic rings. The van der Waals surface area contributed by atoms with Crippen LogP contribution >= 0.6 is 23.5 Å². The van der Waals surface area contributed by atoms with Gasteiger partial charge >= 0.3 is 12.1 Å². The molecule has 8 nitrogen and oxygen atoms in total. The van der Waals surface area contributed by atoms with E-state index in [-0.39, 0.29) is 24.1 Å². The second-order valence-corrected chi connectivity index (χ2v) is 18.0. The highest BCUT2D eigenvalue weighted by Gasteiger charge is 2.44. The molecule has 4 aromatic rings. The average molecular weight is 796 g/mol. The SMILES string of the molecule is CSCC[C@@H](C(=O)O)N(CC1(Cc2ccccc2C)CCNCC1)C(=O)[C@H](CSC(c1ccccc1)(c1ccccc1)c1ccccc1)NC(=O)OC(C)(C)C. The third-order valence-electron chi connectivity index (χ3n) is 10.5. The average Bonchev–Trinajstić information content (AvgIpc) is 3.19. The highest BCUT2D eigenvalue weighted by Crippen LogP contribution is 2.49. The van der Waals surface area contributed by atoms with E-state index in [0.717, 1.165) is 42.6 Å². The number of hydrogen-bond donors (Lipinski definition) is 3. The lowest BCUT2D eigenvalue weighted by Crippen LogP contribution is -2.59. The van der Waals surface area contributed by atoms with Crippen LogP contribution < -0.4 is 10.6 Å². The summed E-state index contributed by atoms with van der Waals surface area (Å²) >= 11 is 3.10. The number of amides is 2. The van der Waals surface area contributed by atoms with Gasteiger partial charge < -0.3 is 25.4 Å². The molecule has 56 heavy (non-hydrogen) atoms. The molecule has 2 atom stereocenters. The number of nitrogens with zero attached hydrogens (tertiary/aromatic N) is 1. The largest absolute Gasteiger partial charge is 0.480 e. The number of hydrogen-bond acceptors (Lipinski definition) is 7. The summed E-state index contributed by atoms with van der Waals surface area (Å²) < 4.78 is 4.98. The quantitative estimate of drug-likeness (QED) is 0.0914. The lowest BCUT2D eigenvalue weighted by molar-refractivity contribution is -0.152. The molecule has 0 aliphatic carbocycles. The number of carbonyl (C=O) groups is 3. The molecule has 0 radical (unpaired) electrons. The van der Waals surface area contributed by atoms with Crippen LogP contribution in [0.3, 0.4) is 0 Å². The van der Waals surface area contributed by atoms with Crippen LogP contribution in [0.15, 0.2) is 115 Å². The van der Waals surface area contributed by atoms with Gasteiger partial charge in [-0.15, -0.1) is 11.8 Å². The van der Waals surface area contributed by atoms with E-state index in [4.69, 9.17) is 4.74 Å². The van der Waals surface area contributed by atoms with E-state index >= 15 is 4.79 Å². The summed E-state index contributed by atoms with van der Waals surface area (Å²) in [6.07, 6.45) is 3.74. The number of thioether (sulfide) groups is 2. The molecule has 3 N–H and O–H groups in total. The van der Waals surface area contributed by atoms with Crippen molar-refractivity contribution in [1.29, 1.82) is 0 Å². The van der Waals surface area contributed by atoms with E-state index in [1.807, 2.05) is 73.0 Å². The van der Waals surface area contributed by atoms with Crippen LogP contribution in [0.25, 0.3) is 0 Å². The van der Waals surface area contributed by atoms with E-state index in [1.165, 1.54) is 11.1 Å². The summed E-state index contributed by atoms with van der Waals surface area (Å²) in [5, 5.41) is 17.3. The third kappa shape index (κ3) is 11.0. The summed E-state index contributed by atoms with van der Waals surface area (Å²) in [6, 6.07) is 36.6. The number of aliphatic carboxylic acids is 1. The van der Waals surface area contributed by atoms with Crippen LogP contribution in [0.4, 0.5) is 4.79 Å². The first kappa shape index (κ1) is 42.9. The minimum absolute atomic E-state index is 0.133. The first-order valence-corrected chi connectivity index (χ1v) is 21.8. The number of carbonyl (C=O) groups excluding carboxylic acids is 2. The predicted molar refractivity (Wildman–Crippen MR) is 230 cm³/mol. The Kier molecular flexibility index (Phi) is 15.1. The van der Waals surface area contributed by atoms with E-state index in [2.05, 4.69) is 66.1 Å². The monoisotopic (exact) mass is 795 g/mol. The van der Waals surface area contributed by atoms with E-state index in [9.17, 15) is 14.7 Å². The molecule has 1 aliphatic heterocycles. The van der Waals surface area contributed by atoms with Gasteiger partial charge in [0.2, 0.25) is 5.91 Å². The minimum Gasteiger partial charge on any atom is -0.480 e. The zero-order valence-corrected chi connectivity index (χ0v) is 35.0. The molecule has 2 amide bonds. The molecular weight excluding hydrogens is 739 g/mol. The van der Waals surface area contributed by atoms with Crippen LogP contribution in [-0.4, -0.2) is 83.1 Å². The molecule has 1 saturated heterocycles. The van der Waals surface area contributed by atoms with Crippen molar-refractivity contribution in [2.45, 2.75) is 75.8 Å². The van der Waals surface area contributed by atoms with Gasteiger partial charge in [0, 0.05) is 12.3 Å². The Bertz CT molecular complexity index is 1770. The summed E-state index contributed by atoms with van der Waals surface area (Å²) in [6.45, 7) is 9.22. The maximum atomic E-state index is 15.5. The fourth-order valence-electron chi connectivity index (χ4n) is 7.71. The number of aryl methyl sites for hydroxylation is 1. The number of alkyl carbamates (subject to hydrolysis) is 1. The molecule has 1 fully saturated rings. The topological polar surface area (TPSA) is 108 Å². The van der Waals surface area contributed by atoms with Gasteiger partial charge in [-0.1, -0.05) is 115 Å². The van der Waals surface area contributed by atoms with Gasteiger partial charge in [0.25, 0.3) is 0 Å². The molecule has 298 valence electrons. The fraction of sp³-hybridized carbons (Fsp3) is 0.413. The number of ether oxygens (including phenoxy) is 1. The first-order valence-electron chi connectivity index (χ1n) is 19.4. The number of piperidine rings is 1. The minimum atomic E-state index is -1.11. The predicted octanol–water partition coefficient (Wildman–Crippen LogP) is 8.56. The zero-order valence-electron chi connectivity index (χ0n) is 33.3. The molecular formula is C46H57N3O5S2. The maximum absolute atomic E-state index is 15.5. The summed E-state index contributed by atoms with van der Waals surface area (Å²) in [4.78, 5) is 44.0. The van der Waals surface area contributed by atoms with Gasteiger partial charge in [-0.2, -0.15) is 11.8 Å². The second kappa shape index (κ2) is 19.7. The molecule has 0 bridgehead atoms. The summed E-state index contributed by atoms with van der Waals surface area (Å²) in [5.41, 5.74) is 4.19. The van der Waals surface area contributed by atoms with Crippen molar-refractivity contribution >= 4 is 41.5 Å². The lowest BCUT2D eigenvalue weighted by atomic mass is 9.73. The second-order valence-electron chi connectivity index (χ2n) is 15.7. The van der Waals surface area contributed by atoms with E-state index in [0.29, 0.717) is 12.2 Å². The molecule has 0 spiro atoms. The molecule has 4 aromatic carbocycles. The Morgan fingerprint density at radius 3 is 1.84 bits per heavy atom. The number of carboxylic acid groups (broad SMARTS) is 1. The smallest absolute Gasteiger partial charge is 0.408 e. The molecule has 0 aromatic heterocycles. The number of carboxylic acids is 1. The van der Waals surface area contributed by atoms with Gasteiger partial charge in [-0.25, -0.2) is 9.59 Å². The lowest BCUT2D eigenvalue weighted by Gasteiger charge is -2.44. The number of nitrogens with one attached hydrogen (secondary N) is 2. The maximum Gasteiger partial charge on any atom is 0.408 e. The summed E-state index contributed by atoms with van der Waals surface area (Å²) in [5.74, 6) is -0.787. The van der Waals surface area contributed by atoms with Crippen molar-refractivity contribution in [1.82, 2.24) is 15.5 Å². The van der Waals surface area contributed by atoms with Crippen molar-refractivity contribution in [2.75, 3.05) is 37.4 Å². The van der Waals surface area contributed by atoms with Crippen molar-refractivity contribution < 1.29 is 24.2 Å². The van der Waals surface area contributed by atoms with Gasteiger partial charge in [-0.05, 0) is 112 Å².